The Bertz CT molecular complexity index is 1480. The van der Waals surface area contributed by atoms with Gasteiger partial charge in [0.15, 0.2) is 0 Å². The van der Waals surface area contributed by atoms with Crippen LogP contribution < -0.4 is 0 Å². The highest BCUT2D eigenvalue weighted by Crippen LogP contribution is 2.47. The summed E-state index contributed by atoms with van der Waals surface area (Å²) in [6, 6.07) is 0. The van der Waals surface area contributed by atoms with Crippen LogP contribution in [0.3, 0.4) is 0 Å². The van der Waals surface area contributed by atoms with Gasteiger partial charge in [-0.05, 0) is 89.9 Å². The van der Waals surface area contributed by atoms with Gasteiger partial charge in [0.2, 0.25) is 0 Å². The Balaban J connectivity index is 2.36. The molecule has 1 rings (SSSR count). The summed E-state index contributed by atoms with van der Waals surface area (Å²) in [5.41, 5.74) is 0. The fourth-order valence-corrected chi connectivity index (χ4v) is 8.91. The molecule has 6 unspecified atom stereocenters. The minimum Gasteiger partial charge on any atom is -0.457 e. The van der Waals surface area contributed by atoms with Crippen LogP contribution in [0.15, 0.2) is 85.1 Å². The van der Waals surface area contributed by atoms with Crippen molar-refractivity contribution >= 4 is 13.8 Å². The van der Waals surface area contributed by atoms with Gasteiger partial charge in [0.05, 0.1) is 13.2 Å². The number of rotatable bonds is 46. The minimum absolute atomic E-state index is 0.104. The van der Waals surface area contributed by atoms with Gasteiger partial charge >= 0.3 is 13.8 Å². The van der Waals surface area contributed by atoms with E-state index in [0.29, 0.717) is 13.0 Å². The zero-order chi connectivity index (χ0) is 51.2. The van der Waals surface area contributed by atoms with Crippen molar-refractivity contribution in [3.8, 4) is 0 Å². The van der Waals surface area contributed by atoms with Gasteiger partial charge in [-0.25, -0.2) is 4.57 Å². The molecule has 0 aromatic heterocycles. The number of carbonyl (C=O) groups is 1. The van der Waals surface area contributed by atoms with E-state index in [0.717, 1.165) is 83.5 Å². The lowest BCUT2D eigenvalue weighted by Gasteiger charge is -2.41. The van der Waals surface area contributed by atoms with Gasteiger partial charge in [0, 0.05) is 13.0 Å². The van der Waals surface area contributed by atoms with Crippen molar-refractivity contribution in [2.75, 3.05) is 19.8 Å². The van der Waals surface area contributed by atoms with Gasteiger partial charge in [-0.1, -0.05) is 195 Å². The number of allylic oxidation sites excluding steroid dienone is 14. The van der Waals surface area contributed by atoms with E-state index in [1.165, 1.54) is 96.3 Å². The zero-order valence-corrected chi connectivity index (χ0v) is 44.4. The molecular formula is C57H99O12P. The summed E-state index contributed by atoms with van der Waals surface area (Å²) in [7, 11) is -5.04. The van der Waals surface area contributed by atoms with Gasteiger partial charge in [-0.3, -0.25) is 13.8 Å². The Kier molecular flexibility index (Phi) is 43.4. The van der Waals surface area contributed by atoms with Crippen molar-refractivity contribution in [2.45, 2.75) is 249 Å². The Morgan fingerprint density at radius 1 is 0.471 bits per heavy atom. The second-order valence-corrected chi connectivity index (χ2v) is 20.1. The maximum absolute atomic E-state index is 12.9. The van der Waals surface area contributed by atoms with Gasteiger partial charge < -0.3 is 39.9 Å². The molecule has 6 N–H and O–H groups in total. The third kappa shape index (κ3) is 37.3. The molecule has 70 heavy (non-hydrogen) atoms. The molecule has 6 atom stereocenters. The monoisotopic (exact) mass is 1010 g/mol. The standard InChI is InChI=1S/C57H99O12P/c1-3-5-7-9-11-13-15-17-19-21-23-25-27-29-31-33-35-37-39-41-43-45-47-66-48-50(49-67-70(64,65)69-57-55(62)53(60)52(59)54(61)56(57)63)68-51(58)46-44-42-40-38-36-34-32-30-28-26-24-22-20-18-16-14-12-10-8-6-4-2/h5,7,11,13,17,19,22-25,29,31,35,37,50,52-57,59-63H,3-4,6,8-10,12,14-16,18,20-21,26-28,30,32-34,36,38-49H2,1-2H3,(H,64,65)/b7-5-,13-11-,19-17-,24-22-,25-23-,31-29-,37-35-. The molecule has 0 saturated heterocycles. The van der Waals surface area contributed by atoms with E-state index < -0.39 is 63.1 Å². The molecule has 0 aromatic carbocycles. The van der Waals surface area contributed by atoms with Crippen LogP contribution in [0.5, 0.6) is 0 Å². The van der Waals surface area contributed by atoms with Crippen molar-refractivity contribution in [1.82, 2.24) is 0 Å². The van der Waals surface area contributed by atoms with E-state index in [9.17, 15) is 39.8 Å². The molecular weight excluding hydrogens is 908 g/mol. The number of aliphatic hydroxyl groups excluding tert-OH is 5. The first-order chi connectivity index (χ1) is 34.0. The maximum atomic E-state index is 12.9. The normalized spacial score (nSPS) is 21.5. The predicted octanol–water partition coefficient (Wildman–Crippen LogP) is 12.9. The molecule has 0 bridgehead atoms. The molecule has 1 fully saturated rings. The van der Waals surface area contributed by atoms with E-state index in [-0.39, 0.29) is 13.0 Å². The van der Waals surface area contributed by atoms with Gasteiger partial charge in [0.25, 0.3) is 0 Å². The number of phosphoric acid groups is 1. The molecule has 0 aliphatic heterocycles. The third-order valence-corrected chi connectivity index (χ3v) is 13.2. The summed E-state index contributed by atoms with van der Waals surface area (Å²) < 4.78 is 34.3. The summed E-state index contributed by atoms with van der Waals surface area (Å²) in [6.45, 7) is 4.08. The lowest BCUT2D eigenvalue weighted by molar-refractivity contribution is -0.220. The van der Waals surface area contributed by atoms with E-state index in [1.807, 2.05) is 0 Å². The first-order valence-corrected chi connectivity index (χ1v) is 28.9. The van der Waals surface area contributed by atoms with E-state index in [1.54, 1.807) is 0 Å². The minimum atomic E-state index is -5.04. The largest absolute Gasteiger partial charge is 0.472 e. The molecule has 0 amide bonds. The highest BCUT2D eigenvalue weighted by Gasteiger charge is 2.51. The van der Waals surface area contributed by atoms with Gasteiger partial charge in [-0.2, -0.15) is 0 Å². The van der Waals surface area contributed by atoms with Crippen LogP contribution in [-0.2, 0) is 27.9 Å². The predicted molar refractivity (Wildman–Crippen MR) is 285 cm³/mol. The first kappa shape index (κ1) is 65.5. The molecule has 1 aliphatic rings. The number of carbonyl (C=O) groups excluding carboxylic acids is 1. The number of hydrogen-bond donors (Lipinski definition) is 6. The van der Waals surface area contributed by atoms with E-state index in [4.69, 9.17) is 18.5 Å². The topological polar surface area (TPSA) is 192 Å². The number of phosphoric ester groups is 1. The van der Waals surface area contributed by atoms with Crippen LogP contribution in [0.2, 0.25) is 0 Å². The van der Waals surface area contributed by atoms with Crippen molar-refractivity contribution < 1.29 is 58.3 Å². The Hall–Kier alpha value is -2.48. The molecule has 12 nitrogen and oxygen atoms in total. The molecule has 0 heterocycles. The number of esters is 1. The van der Waals surface area contributed by atoms with Crippen LogP contribution >= 0.6 is 7.82 Å². The highest BCUT2D eigenvalue weighted by molar-refractivity contribution is 7.47. The van der Waals surface area contributed by atoms with Crippen molar-refractivity contribution in [1.29, 1.82) is 0 Å². The lowest BCUT2D eigenvalue weighted by atomic mass is 9.85. The number of unbranched alkanes of at least 4 members (excludes halogenated alkanes) is 20. The van der Waals surface area contributed by atoms with Crippen LogP contribution in [0.25, 0.3) is 0 Å². The van der Waals surface area contributed by atoms with Gasteiger partial charge in [0.1, 0.15) is 42.7 Å². The highest BCUT2D eigenvalue weighted by atomic mass is 31.2. The van der Waals surface area contributed by atoms with Gasteiger partial charge in [-0.15, -0.1) is 0 Å². The molecule has 1 aliphatic carbocycles. The number of hydrogen-bond acceptors (Lipinski definition) is 11. The van der Waals surface area contributed by atoms with Crippen LogP contribution in [-0.4, -0.2) is 98.9 Å². The number of ether oxygens (including phenoxy) is 2. The Labute approximate surface area is 424 Å². The average molecular weight is 1010 g/mol. The summed E-state index contributed by atoms with van der Waals surface area (Å²) in [6.07, 6.45) is 50.8. The Morgan fingerprint density at radius 3 is 1.30 bits per heavy atom. The van der Waals surface area contributed by atoms with Crippen LogP contribution in [0.4, 0.5) is 0 Å². The first-order valence-electron chi connectivity index (χ1n) is 27.4. The molecule has 1 saturated carbocycles. The SMILES string of the molecule is CC/C=C\C/C=C\C/C=C\C/C=C\C/C=C\C/C=C\CCCCCOCC(COP(=O)(O)OC1C(O)C(O)C(O)C(O)C1O)OC(=O)CCCCCCCCCCC/C=C\CCCCCCCCCC. The number of aliphatic hydroxyl groups is 5. The molecule has 404 valence electrons. The quantitative estimate of drug-likeness (QED) is 0.0147. The zero-order valence-electron chi connectivity index (χ0n) is 43.5. The summed E-state index contributed by atoms with van der Waals surface area (Å²) in [4.78, 5) is 23.3. The maximum Gasteiger partial charge on any atom is 0.472 e. The molecule has 0 radical (unpaired) electrons. The van der Waals surface area contributed by atoms with E-state index >= 15 is 0 Å². The van der Waals surface area contributed by atoms with Crippen LogP contribution in [0, 0.1) is 0 Å². The summed E-state index contributed by atoms with van der Waals surface area (Å²) >= 11 is 0. The molecule has 0 spiro atoms. The van der Waals surface area contributed by atoms with Crippen LogP contribution in [0.1, 0.15) is 206 Å². The molecule has 0 aromatic rings. The van der Waals surface area contributed by atoms with Crippen molar-refractivity contribution in [2.24, 2.45) is 0 Å². The fourth-order valence-electron chi connectivity index (χ4n) is 7.94. The lowest BCUT2D eigenvalue weighted by Crippen LogP contribution is -2.64. The fraction of sp³-hybridized carbons (Fsp3) is 0.737. The Morgan fingerprint density at radius 2 is 0.843 bits per heavy atom. The third-order valence-electron chi connectivity index (χ3n) is 12.3. The van der Waals surface area contributed by atoms with Crippen molar-refractivity contribution in [3.63, 3.8) is 0 Å². The average Bonchev–Trinajstić information content (AvgIpc) is 3.35. The van der Waals surface area contributed by atoms with Crippen molar-refractivity contribution in [3.05, 3.63) is 85.1 Å². The smallest absolute Gasteiger partial charge is 0.457 e. The van der Waals surface area contributed by atoms with E-state index in [2.05, 4.69) is 98.9 Å². The molecule has 13 heteroatoms. The second-order valence-electron chi connectivity index (χ2n) is 18.7. The summed E-state index contributed by atoms with van der Waals surface area (Å²) in [5, 5.41) is 50.4. The summed E-state index contributed by atoms with van der Waals surface area (Å²) in [5.74, 6) is -0.493. The second kappa shape index (κ2) is 46.3.